The quantitative estimate of drug-likeness (QED) is 0.575. The van der Waals surface area contributed by atoms with E-state index in [-0.39, 0.29) is 28.5 Å². The number of anilines is 2. The summed E-state index contributed by atoms with van der Waals surface area (Å²) < 4.78 is 71.8. The molecular formula is C23H28F3N3O4S. The Hall–Kier alpha value is -2.79. The molecule has 0 bridgehead atoms. The van der Waals surface area contributed by atoms with Crippen molar-refractivity contribution in [2.45, 2.75) is 37.3 Å². The third-order valence-electron chi connectivity index (χ3n) is 5.45. The molecule has 0 aromatic heterocycles. The molecule has 0 saturated carbocycles. The SMILES string of the molecule is CCCOc1ccc(C(F)(F)F)cc1NC(=O)c1cc(S(=O)(=O)N(C)C)ccc1N1CCCC1. The van der Waals surface area contributed by atoms with E-state index in [9.17, 15) is 26.4 Å². The van der Waals surface area contributed by atoms with E-state index in [0.29, 0.717) is 25.2 Å². The average Bonchev–Trinajstić information content (AvgIpc) is 3.31. The van der Waals surface area contributed by atoms with E-state index in [1.807, 2.05) is 11.8 Å². The monoisotopic (exact) mass is 499 g/mol. The van der Waals surface area contributed by atoms with Gasteiger partial charge in [0, 0.05) is 32.9 Å². The van der Waals surface area contributed by atoms with Crippen LogP contribution in [0.3, 0.4) is 0 Å². The molecule has 2 aromatic rings. The Morgan fingerprint density at radius 2 is 1.79 bits per heavy atom. The van der Waals surface area contributed by atoms with Crippen molar-refractivity contribution in [2.24, 2.45) is 0 Å². The molecule has 0 spiro atoms. The lowest BCUT2D eigenvalue weighted by molar-refractivity contribution is -0.137. The maximum Gasteiger partial charge on any atom is 0.416 e. The van der Waals surface area contributed by atoms with E-state index in [1.165, 1.54) is 32.3 Å². The second-order valence-corrected chi connectivity index (χ2v) is 10.3. The molecule has 1 fully saturated rings. The molecule has 1 N–H and O–H groups in total. The molecule has 0 unspecified atom stereocenters. The van der Waals surface area contributed by atoms with Crippen molar-refractivity contribution in [2.75, 3.05) is 44.0 Å². The zero-order valence-corrected chi connectivity index (χ0v) is 20.1. The molecule has 0 aliphatic carbocycles. The van der Waals surface area contributed by atoms with Gasteiger partial charge in [0.25, 0.3) is 5.91 Å². The summed E-state index contributed by atoms with van der Waals surface area (Å²) >= 11 is 0. The van der Waals surface area contributed by atoms with Crippen molar-refractivity contribution in [3.8, 4) is 5.75 Å². The van der Waals surface area contributed by atoms with Crippen LogP contribution in [0.5, 0.6) is 5.75 Å². The molecule has 186 valence electrons. The second-order valence-electron chi connectivity index (χ2n) is 8.17. The van der Waals surface area contributed by atoms with Crippen LogP contribution in [0.1, 0.15) is 42.1 Å². The Balaban J connectivity index is 2.06. The van der Waals surface area contributed by atoms with Crippen molar-refractivity contribution in [3.05, 3.63) is 47.5 Å². The summed E-state index contributed by atoms with van der Waals surface area (Å²) in [6.07, 6.45) is -2.15. The number of hydrogen-bond acceptors (Lipinski definition) is 5. The highest BCUT2D eigenvalue weighted by Gasteiger charge is 2.32. The van der Waals surface area contributed by atoms with Gasteiger partial charge in [-0.15, -0.1) is 0 Å². The number of rotatable bonds is 8. The van der Waals surface area contributed by atoms with Gasteiger partial charge < -0.3 is 15.0 Å². The summed E-state index contributed by atoms with van der Waals surface area (Å²) in [7, 11) is -1.07. The van der Waals surface area contributed by atoms with Gasteiger partial charge in [-0.2, -0.15) is 13.2 Å². The van der Waals surface area contributed by atoms with E-state index in [2.05, 4.69) is 5.32 Å². The minimum atomic E-state index is -4.61. The molecule has 3 rings (SSSR count). The molecule has 2 aromatic carbocycles. The molecule has 0 radical (unpaired) electrons. The Morgan fingerprint density at radius 1 is 1.12 bits per heavy atom. The van der Waals surface area contributed by atoms with E-state index in [0.717, 1.165) is 29.3 Å². The van der Waals surface area contributed by atoms with Crippen LogP contribution in [0.4, 0.5) is 24.5 Å². The molecule has 1 heterocycles. The fraction of sp³-hybridized carbons (Fsp3) is 0.435. The standard InChI is InChI=1S/C23H28F3N3O4S/c1-4-13-33-21-10-7-16(23(24,25)26)14-19(21)27-22(30)18-15-17(34(31,32)28(2)3)8-9-20(18)29-11-5-6-12-29/h7-10,14-15H,4-6,11-13H2,1-3H3,(H,27,30). The minimum absolute atomic E-state index is 0.0590. The van der Waals surface area contributed by atoms with E-state index in [1.54, 1.807) is 6.07 Å². The highest BCUT2D eigenvalue weighted by atomic mass is 32.2. The Kier molecular flexibility index (Phi) is 7.77. The van der Waals surface area contributed by atoms with Crippen LogP contribution >= 0.6 is 0 Å². The molecule has 1 aliphatic rings. The van der Waals surface area contributed by atoms with Gasteiger partial charge >= 0.3 is 6.18 Å². The smallest absolute Gasteiger partial charge is 0.416 e. The lowest BCUT2D eigenvalue weighted by atomic mass is 10.1. The lowest BCUT2D eigenvalue weighted by Gasteiger charge is -2.23. The van der Waals surface area contributed by atoms with Gasteiger partial charge in [-0.25, -0.2) is 12.7 Å². The number of ether oxygens (including phenoxy) is 1. The maximum absolute atomic E-state index is 13.3. The number of halogens is 3. The summed E-state index contributed by atoms with van der Waals surface area (Å²) in [6.45, 7) is 3.48. The number of carbonyl (C=O) groups excluding carboxylic acids is 1. The number of sulfonamides is 1. The zero-order chi connectivity index (χ0) is 25.1. The van der Waals surface area contributed by atoms with Gasteiger partial charge in [0.2, 0.25) is 10.0 Å². The highest BCUT2D eigenvalue weighted by Crippen LogP contribution is 2.36. The van der Waals surface area contributed by atoms with Crippen molar-refractivity contribution in [1.29, 1.82) is 0 Å². The average molecular weight is 500 g/mol. The number of hydrogen-bond donors (Lipinski definition) is 1. The van der Waals surface area contributed by atoms with Crippen LogP contribution in [-0.2, 0) is 16.2 Å². The van der Waals surface area contributed by atoms with Crippen LogP contribution in [0, 0.1) is 0 Å². The third kappa shape index (κ3) is 5.64. The predicted molar refractivity (Wildman–Crippen MR) is 124 cm³/mol. The molecular weight excluding hydrogens is 471 g/mol. The van der Waals surface area contributed by atoms with E-state index < -0.39 is 27.7 Å². The second kappa shape index (κ2) is 10.2. The molecule has 1 amide bonds. The minimum Gasteiger partial charge on any atom is -0.491 e. The first-order chi connectivity index (χ1) is 15.9. The third-order valence-corrected chi connectivity index (χ3v) is 7.27. The van der Waals surface area contributed by atoms with Gasteiger partial charge in [0.15, 0.2) is 0 Å². The Bertz CT molecular complexity index is 1140. The number of benzene rings is 2. The largest absolute Gasteiger partial charge is 0.491 e. The molecule has 7 nitrogen and oxygen atoms in total. The molecule has 34 heavy (non-hydrogen) atoms. The van der Waals surface area contributed by atoms with Gasteiger partial charge in [0.1, 0.15) is 5.75 Å². The van der Waals surface area contributed by atoms with Crippen LogP contribution in [-0.4, -0.2) is 52.4 Å². The van der Waals surface area contributed by atoms with Crippen LogP contribution < -0.4 is 15.0 Å². The predicted octanol–water partition coefficient (Wildman–Crippen LogP) is 4.60. The van der Waals surface area contributed by atoms with Gasteiger partial charge in [-0.05, 0) is 55.7 Å². The first kappa shape index (κ1) is 25.8. The summed E-state index contributed by atoms with van der Waals surface area (Å²) in [5.74, 6) is -0.624. The fourth-order valence-electron chi connectivity index (χ4n) is 3.63. The lowest BCUT2D eigenvalue weighted by Crippen LogP contribution is -2.26. The number of carbonyl (C=O) groups is 1. The Morgan fingerprint density at radius 3 is 2.38 bits per heavy atom. The topological polar surface area (TPSA) is 78.9 Å². The molecule has 1 aliphatic heterocycles. The highest BCUT2D eigenvalue weighted by molar-refractivity contribution is 7.89. The summed E-state index contributed by atoms with van der Waals surface area (Å²) in [6, 6.07) is 7.14. The summed E-state index contributed by atoms with van der Waals surface area (Å²) in [5.41, 5.74) is -0.490. The normalized spacial score (nSPS) is 14.5. The van der Waals surface area contributed by atoms with Crippen molar-refractivity contribution in [3.63, 3.8) is 0 Å². The molecule has 0 atom stereocenters. The summed E-state index contributed by atoms with van der Waals surface area (Å²) in [5, 5.41) is 2.52. The molecule has 1 saturated heterocycles. The first-order valence-corrected chi connectivity index (χ1v) is 12.4. The van der Waals surface area contributed by atoms with Crippen molar-refractivity contribution < 1.29 is 31.1 Å². The number of nitrogens with zero attached hydrogens (tertiary/aromatic N) is 2. The maximum atomic E-state index is 13.3. The van der Waals surface area contributed by atoms with Crippen molar-refractivity contribution in [1.82, 2.24) is 4.31 Å². The van der Waals surface area contributed by atoms with Crippen LogP contribution in [0.2, 0.25) is 0 Å². The van der Waals surface area contributed by atoms with E-state index >= 15 is 0 Å². The fourth-order valence-corrected chi connectivity index (χ4v) is 4.56. The Labute approximate surface area is 197 Å². The van der Waals surface area contributed by atoms with Crippen LogP contribution in [0.15, 0.2) is 41.3 Å². The molecule has 11 heteroatoms. The van der Waals surface area contributed by atoms with Crippen LogP contribution in [0.25, 0.3) is 0 Å². The number of alkyl halides is 3. The van der Waals surface area contributed by atoms with Gasteiger partial charge in [-0.1, -0.05) is 6.92 Å². The number of amides is 1. The van der Waals surface area contributed by atoms with Crippen molar-refractivity contribution >= 4 is 27.3 Å². The van der Waals surface area contributed by atoms with E-state index in [4.69, 9.17) is 4.74 Å². The zero-order valence-electron chi connectivity index (χ0n) is 19.3. The summed E-state index contributed by atoms with van der Waals surface area (Å²) in [4.78, 5) is 15.2. The van der Waals surface area contributed by atoms with Gasteiger partial charge in [0.05, 0.1) is 28.3 Å². The number of nitrogens with one attached hydrogen (secondary N) is 1. The van der Waals surface area contributed by atoms with Gasteiger partial charge in [-0.3, -0.25) is 4.79 Å². The first-order valence-electron chi connectivity index (χ1n) is 10.9.